The average molecular weight is 543 g/mol. The Bertz CT molecular complexity index is 1310. The van der Waals surface area contributed by atoms with E-state index in [9.17, 15) is 34.8 Å². The second kappa shape index (κ2) is 9.96. The molecular weight excluding hydrogens is 504 g/mol. The predicted molar refractivity (Wildman–Crippen MR) is 145 cm³/mol. The molecule has 1 aromatic carbocycles. The lowest BCUT2D eigenvalue weighted by molar-refractivity contribution is -0.153. The van der Waals surface area contributed by atoms with E-state index in [-0.39, 0.29) is 29.7 Å². The lowest BCUT2D eigenvalue weighted by atomic mass is 9.57. The lowest BCUT2D eigenvalue weighted by Crippen LogP contribution is -2.65. The third-order valence-corrected chi connectivity index (χ3v) is 8.51. The standard InChI is InChI=1S/C28H38N4O7/c1-7-32(8-2)12-14-11-17(33)19-15(21(14)30(3)4)9-13-10-16-22(31(5)6)24(35)20(27(29)38)26(37)28(16,39)25(36)18(13)23(19)34/h11,13,16,22,33-34,37,39H,7-10,12H2,1-6H3,(H2,29,38)/t13-,16-,22-,28-/m0/s1. The Morgan fingerprint density at radius 1 is 1.10 bits per heavy atom. The van der Waals surface area contributed by atoms with Crippen LogP contribution in [0.1, 0.15) is 37.0 Å². The summed E-state index contributed by atoms with van der Waals surface area (Å²) in [6.45, 7) is 6.27. The second-order valence-electron chi connectivity index (χ2n) is 11.1. The summed E-state index contributed by atoms with van der Waals surface area (Å²) >= 11 is 0. The maximum absolute atomic E-state index is 14.0. The first-order chi connectivity index (χ1) is 18.2. The van der Waals surface area contributed by atoms with E-state index in [2.05, 4.69) is 4.90 Å². The molecule has 1 amide bonds. The summed E-state index contributed by atoms with van der Waals surface area (Å²) in [4.78, 5) is 44.9. The van der Waals surface area contributed by atoms with Crippen LogP contribution in [0.5, 0.6) is 5.75 Å². The van der Waals surface area contributed by atoms with Gasteiger partial charge < -0.3 is 31.1 Å². The number of phenolic OH excluding ortho intramolecular Hbond substituents is 1. The smallest absolute Gasteiger partial charge is 0.255 e. The molecule has 39 heavy (non-hydrogen) atoms. The number of fused-ring (bicyclic) bond motifs is 3. The minimum Gasteiger partial charge on any atom is -0.508 e. The van der Waals surface area contributed by atoms with Crippen LogP contribution in [0, 0.1) is 11.8 Å². The molecule has 11 nitrogen and oxygen atoms in total. The fraction of sp³-hybridized carbons (Fsp3) is 0.536. The van der Waals surface area contributed by atoms with Gasteiger partial charge in [-0.25, -0.2) is 0 Å². The number of aliphatic hydroxyl groups excluding tert-OH is 2. The van der Waals surface area contributed by atoms with Crippen LogP contribution < -0.4 is 10.6 Å². The van der Waals surface area contributed by atoms with E-state index < -0.39 is 58.0 Å². The Morgan fingerprint density at radius 3 is 2.23 bits per heavy atom. The maximum atomic E-state index is 14.0. The number of benzene rings is 1. The zero-order valence-electron chi connectivity index (χ0n) is 23.3. The minimum atomic E-state index is -2.65. The van der Waals surface area contributed by atoms with Crippen LogP contribution >= 0.6 is 0 Å². The molecule has 1 saturated carbocycles. The van der Waals surface area contributed by atoms with Gasteiger partial charge in [0.25, 0.3) is 5.91 Å². The number of rotatable bonds is 7. The number of ketones is 2. The van der Waals surface area contributed by atoms with Crippen LogP contribution in [0.25, 0.3) is 5.76 Å². The van der Waals surface area contributed by atoms with Crippen molar-refractivity contribution in [3.05, 3.63) is 39.7 Å². The fourth-order valence-corrected chi connectivity index (χ4v) is 6.73. The zero-order chi connectivity index (χ0) is 29.1. The van der Waals surface area contributed by atoms with E-state index in [1.54, 1.807) is 20.2 Å². The molecule has 1 aromatic rings. The molecule has 4 rings (SSSR count). The number of amides is 1. The molecule has 0 unspecified atom stereocenters. The number of likely N-dealkylation sites (N-methyl/N-ethyl adjacent to an activating group) is 1. The highest BCUT2D eigenvalue weighted by molar-refractivity contribution is 6.24. The second-order valence-corrected chi connectivity index (χ2v) is 11.1. The number of nitrogens with two attached hydrogens (primary N) is 1. The van der Waals surface area contributed by atoms with Gasteiger partial charge in [-0.05, 0) is 63.1 Å². The first-order valence-electron chi connectivity index (χ1n) is 13.1. The number of Topliss-reactive ketones (excluding diaryl/α,β-unsaturated/α-hetero) is 2. The molecule has 0 bridgehead atoms. The van der Waals surface area contributed by atoms with Gasteiger partial charge in [-0.1, -0.05) is 13.8 Å². The molecule has 0 spiro atoms. The Hall–Kier alpha value is -3.41. The van der Waals surface area contributed by atoms with Crippen LogP contribution in [0.4, 0.5) is 5.69 Å². The third kappa shape index (κ3) is 4.11. The predicted octanol–water partition coefficient (Wildman–Crippen LogP) is 0.872. The number of anilines is 1. The van der Waals surface area contributed by atoms with Crippen molar-refractivity contribution in [3.63, 3.8) is 0 Å². The number of carbonyl (C=O) groups excluding carboxylic acids is 3. The van der Waals surface area contributed by atoms with Crippen molar-refractivity contribution in [3.8, 4) is 5.75 Å². The average Bonchev–Trinajstić information content (AvgIpc) is 2.83. The Labute approximate surface area is 227 Å². The van der Waals surface area contributed by atoms with E-state index in [0.29, 0.717) is 12.1 Å². The topological polar surface area (TPSA) is 168 Å². The normalized spacial score (nSPS) is 26.6. The molecule has 4 atom stereocenters. The van der Waals surface area contributed by atoms with Crippen LogP contribution in [0.2, 0.25) is 0 Å². The third-order valence-electron chi connectivity index (χ3n) is 8.51. The SMILES string of the molecule is CCN(CC)Cc1cc(O)c2c(c1N(C)C)C[C@H]1C[C@H]3[C@H](N(C)C)C(=O)C(C(N)=O)=C(O)[C@@]3(O)C(=O)C1=C2O. The first-order valence-corrected chi connectivity index (χ1v) is 13.1. The number of aliphatic hydroxyl groups is 3. The van der Waals surface area contributed by atoms with Crippen LogP contribution in [0.15, 0.2) is 23.0 Å². The van der Waals surface area contributed by atoms with E-state index in [1.165, 1.54) is 4.90 Å². The van der Waals surface area contributed by atoms with Gasteiger partial charge in [-0.2, -0.15) is 0 Å². The monoisotopic (exact) mass is 542 g/mol. The van der Waals surface area contributed by atoms with Gasteiger partial charge in [0.1, 0.15) is 22.8 Å². The first kappa shape index (κ1) is 28.6. The summed E-state index contributed by atoms with van der Waals surface area (Å²) in [5.41, 5.74) is 4.18. The summed E-state index contributed by atoms with van der Waals surface area (Å²) in [6, 6.07) is 0.469. The van der Waals surface area contributed by atoms with Crippen molar-refractivity contribution < 1.29 is 34.8 Å². The molecule has 212 valence electrons. The Balaban J connectivity index is 1.96. The largest absolute Gasteiger partial charge is 0.508 e. The highest BCUT2D eigenvalue weighted by atomic mass is 16.3. The maximum Gasteiger partial charge on any atom is 0.255 e. The van der Waals surface area contributed by atoms with Gasteiger partial charge in [-0.3, -0.25) is 24.2 Å². The van der Waals surface area contributed by atoms with E-state index in [0.717, 1.165) is 24.3 Å². The number of aromatic hydroxyl groups is 1. The Morgan fingerprint density at radius 2 is 1.72 bits per heavy atom. The van der Waals surface area contributed by atoms with Crippen molar-refractivity contribution in [1.29, 1.82) is 0 Å². The molecule has 0 radical (unpaired) electrons. The number of hydrogen-bond acceptors (Lipinski definition) is 10. The van der Waals surface area contributed by atoms with Gasteiger partial charge in [0.15, 0.2) is 11.4 Å². The van der Waals surface area contributed by atoms with Crippen molar-refractivity contribution in [2.75, 3.05) is 46.2 Å². The minimum absolute atomic E-state index is 0.0552. The Kier molecular flexibility index (Phi) is 7.30. The summed E-state index contributed by atoms with van der Waals surface area (Å²) in [5, 5.41) is 45.2. The molecule has 3 aliphatic carbocycles. The molecule has 6 N–H and O–H groups in total. The summed E-state index contributed by atoms with van der Waals surface area (Å²) < 4.78 is 0. The van der Waals surface area contributed by atoms with Crippen LogP contribution in [0.3, 0.4) is 0 Å². The summed E-state index contributed by atoms with van der Waals surface area (Å²) in [5.74, 6) is -6.54. The molecule has 0 heterocycles. The number of hydrogen-bond donors (Lipinski definition) is 5. The number of carbonyl (C=O) groups is 3. The number of primary amides is 1. The summed E-state index contributed by atoms with van der Waals surface area (Å²) in [6.07, 6.45) is 0.307. The van der Waals surface area contributed by atoms with E-state index in [4.69, 9.17) is 5.73 Å². The van der Waals surface area contributed by atoms with Crippen molar-refractivity contribution >= 4 is 28.9 Å². The van der Waals surface area contributed by atoms with Gasteiger partial charge in [0.05, 0.1) is 11.6 Å². The number of phenols is 1. The highest BCUT2D eigenvalue weighted by Crippen LogP contribution is 2.54. The molecule has 1 fully saturated rings. The van der Waals surface area contributed by atoms with Crippen molar-refractivity contribution in [2.45, 2.75) is 44.9 Å². The van der Waals surface area contributed by atoms with Gasteiger partial charge in [-0.15, -0.1) is 0 Å². The van der Waals surface area contributed by atoms with Crippen molar-refractivity contribution in [2.24, 2.45) is 17.6 Å². The van der Waals surface area contributed by atoms with E-state index in [1.807, 2.05) is 32.8 Å². The number of nitrogens with zero attached hydrogens (tertiary/aromatic N) is 3. The van der Waals surface area contributed by atoms with Gasteiger partial charge >= 0.3 is 0 Å². The highest BCUT2D eigenvalue weighted by Gasteiger charge is 2.64. The summed E-state index contributed by atoms with van der Waals surface area (Å²) in [7, 11) is 6.90. The molecule has 11 heteroatoms. The van der Waals surface area contributed by atoms with Gasteiger partial charge in [0.2, 0.25) is 5.78 Å². The van der Waals surface area contributed by atoms with Crippen molar-refractivity contribution in [1.82, 2.24) is 9.80 Å². The molecule has 0 aliphatic heterocycles. The zero-order valence-corrected chi connectivity index (χ0v) is 23.3. The van der Waals surface area contributed by atoms with Crippen LogP contribution in [-0.2, 0) is 27.3 Å². The van der Waals surface area contributed by atoms with Crippen LogP contribution in [-0.4, -0.2) is 101 Å². The van der Waals surface area contributed by atoms with Gasteiger partial charge in [0, 0.05) is 37.8 Å². The molecule has 0 saturated heterocycles. The molecular formula is C28H38N4O7. The fourth-order valence-electron chi connectivity index (χ4n) is 6.73. The quantitative estimate of drug-likeness (QED) is 0.312. The molecule has 0 aromatic heterocycles. The molecule has 3 aliphatic rings. The van der Waals surface area contributed by atoms with E-state index >= 15 is 0 Å². The lowest BCUT2D eigenvalue weighted by Gasteiger charge is -2.50.